The number of carboxylic acid groups (broad SMARTS) is 1. The van der Waals surface area contributed by atoms with Crippen LogP contribution in [0.15, 0.2) is 6.07 Å². The van der Waals surface area contributed by atoms with Crippen molar-refractivity contribution in [3.05, 3.63) is 28.8 Å². The van der Waals surface area contributed by atoms with Crippen molar-refractivity contribution in [3.8, 4) is 0 Å². The summed E-state index contributed by atoms with van der Waals surface area (Å²) in [6.45, 7) is 0. The van der Waals surface area contributed by atoms with E-state index in [1.54, 1.807) is 0 Å². The molecule has 18 heavy (non-hydrogen) atoms. The zero-order valence-electron chi connectivity index (χ0n) is 8.43. The van der Waals surface area contributed by atoms with Gasteiger partial charge in [0.25, 0.3) is 6.43 Å². The molecule has 3 nitrogen and oxygen atoms in total. The second kappa shape index (κ2) is 4.83. The fourth-order valence-electron chi connectivity index (χ4n) is 1.24. The van der Waals surface area contributed by atoms with Gasteiger partial charge in [-0.25, -0.2) is 18.2 Å². The molecule has 0 saturated heterocycles. The summed E-state index contributed by atoms with van der Waals surface area (Å²) in [5.74, 6) is -3.39. The number of aliphatic carboxylic acids is 1. The normalized spacial score (nSPS) is 11.9. The summed E-state index contributed by atoms with van der Waals surface area (Å²) < 4.78 is 75.0. The standard InChI is InChI=1S/C9H5F6NO2/c10-4-1-3(2-5(17)18)16-7(9(13,14)15)6(4)8(11)12/h1,8H,2H2,(H,17,18). The largest absolute Gasteiger partial charge is 0.481 e. The van der Waals surface area contributed by atoms with Crippen LogP contribution in [0.1, 0.15) is 23.4 Å². The number of hydrogen-bond donors (Lipinski definition) is 1. The maximum absolute atomic E-state index is 13.1. The number of carbonyl (C=O) groups is 1. The van der Waals surface area contributed by atoms with Gasteiger partial charge in [0.15, 0.2) is 5.69 Å². The molecule has 1 aromatic heterocycles. The molecule has 0 unspecified atom stereocenters. The Labute approximate surface area is 96.1 Å². The summed E-state index contributed by atoms with van der Waals surface area (Å²) in [5, 5.41) is 8.34. The predicted molar refractivity (Wildman–Crippen MR) is 45.5 cm³/mol. The molecule has 0 radical (unpaired) electrons. The number of pyridine rings is 1. The van der Waals surface area contributed by atoms with E-state index in [4.69, 9.17) is 5.11 Å². The highest BCUT2D eigenvalue weighted by atomic mass is 19.4. The SMILES string of the molecule is O=C(O)Cc1cc(F)c(C(F)F)c(C(F)(F)F)n1. The third kappa shape index (κ3) is 3.11. The van der Waals surface area contributed by atoms with Crippen molar-refractivity contribution < 1.29 is 36.2 Å². The Hall–Kier alpha value is -1.80. The van der Waals surface area contributed by atoms with Crippen LogP contribution in [0, 0.1) is 5.82 Å². The zero-order valence-corrected chi connectivity index (χ0v) is 8.43. The van der Waals surface area contributed by atoms with Gasteiger partial charge in [0.2, 0.25) is 0 Å². The van der Waals surface area contributed by atoms with Crippen LogP contribution in [0.2, 0.25) is 0 Å². The molecule has 1 heterocycles. The highest BCUT2D eigenvalue weighted by Gasteiger charge is 2.40. The molecule has 100 valence electrons. The highest BCUT2D eigenvalue weighted by Crippen LogP contribution is 2.36. The van der Waals surface area contributed by atoms with Crippen molar-refractivity contribution >= 4 is 5.97 Å². The number of carboxylic acids is 1. The molecule has 0 aromatic carbocycles. The maximum atomic E-state index is 13.1. The molecule has 0 saturated carbocycles. The van der Waals surface area contributed by atoms with E-state index >= 15 is 0 Å². The molecule has 0 atom stereocenters. The van der Waals surface area contributed by atoms with Crippen LogP contribution >= 0.6 is 0 Å². The second-order valence-corrected chi connectivity index (χ2v) is 3.23. The van der Waals surface area contributed by atoms with Gasteiger partial charge in [-0.05, 0) is 6.07 Å². The molecule has 0 bridgehead atoms. The first-order valence-corrected chi connectivity index (χ1v) is 4.39. The van der Waals surface area contributed by atoms with E-state index in [0.717, 1.165) is 0 Å². The van der Waals surface area contributed by atoms with Crippen LogP contribution in [0.3, 0.4) is 0 Å². The van der Waals surface area contributed by atoms with Crippen molar-refractivity contribution in [1.29, 1.82) is 0 Å². The monoisotopic (exact) mass is 273 g/mol. The third-order valence-electron chi connectivity index (χ3n) is 1.88. The lowest BCUT2D eigenvalue weighted by Crippen LogP contribution is -2.17. The van der Waals surface area contributed by atoms with E-state index in [2.05, 4.69) is 4.98 Å². The van der Waals surface area contributed by atoms with Gasteiger partial charge in [0.05, 0.1) is 17.7 Å². The summed E-state index contributed by atoms with van der Waals surface area (Å²) >= 11 is 0. The average Bonchev–Trinajstić information content (AvgIpc) is 2.12. The second-order valence-electron chi connectivity index (χ2n) is 3.23. The van der Waals surface area contributed by atoms with Crippen LogP contribution in [-0.4, -0.2) is 16.1 Å². The molecule has 0 aliphatic rings. The summed E-state index contributed by atoms with van der Waals surface area (Å²) in [5.41, 5.74) is -4.76. The van der Waals surface area contributed by atoms with Crippen LogP contribution in [0.5, 0.6) is 0 Å². The van der Waals surface area contributed by atoms with Crippen molar-refractivity contribution in [2.45, 2.75) is 19.0 Å². The molecule has 0 aliphatic carbocycles. The topological polar surface area (TPSA) is 50.2 Å². The Kier molecular flexibility index (Phi) is 3.82. The Morgan fingerprint density at radius 2 is 1.94 bits per heavy atom. The summed E-state index contributed by atoms with van der Waals surface area (Å²) in [6.07, 6.45) is -9.99. The summed E-state index contributed by atoms with van der Waals surface area (Å²) in [4.78, 5) is 13.0. The third-order valence-corrected chi connectivity index (χ3v) is 1.88. The average molecular weight is 273 g/mol. The lowest BCUT2D eigenvalue weighted by atomic mass is 10.1. The first-order valence-electron chi connectivity index (χ1n) is 4.39. The molecule has 1 N–H and O–H groups in total. The van der Waals surface area contributed by atoms with Gasteiger partial charge in [-0.1, -0.05) is 0 Å². The molecule has 1 aromatic rings. The smallest absolute Gasteiger partial charge is 0.433 e. The van der Waals surface area contributed by atoms with Gasteiger partial charge in [0.1, 0.15) is 5.82 Å². The Bertz CT molecular complexity index is 471. The van der Waals surface area contributed by atoms with Crippen LogP contribution in [-0.2, 0) is 17.4 Å². The molecule has 0 fully saturated rings. The van der Waals surface area contributed by atoms with Crippen LogP contribution in [0.4, 0.5) is 26.3 Å². The fraction of sp³-hybridized carbons (Fsp3) is 0.333. The Morgan fingerprint density at radius 3 is 2.33 bits per heavy atom. The van der Waals surface area contributed by atoms with Crippen LogP contribution in [0.25, 0.3) is 0 Å². The number of hydrogen-bond acceptors (Lipinski definition) is 2. The maximum Gasteiger partial charge on any atom is 0.433 e. The van der Waals surface area contributed by atoms with Gasteiger partial charge in [0, 0.05) is 0 Å². The lowest BCUT2D eigenvalue weighted by Gasteiger charge is -2.13. The van der Waals surface area contributed by atoms with E-state index in [-0.39, 0.29) is 6.07 Å². The van der Waals surface area contributed by atoms with E-state index in [1.165, 1.54) is 0 Å². The Balaban J connectivity index is 3.42. The Morgan fingerprint density at radius 1 is 1.39 bits per heavy atom. The minimum absolute atomic E-state index is 0.255. The molecule has 0 spiro atoms. The fourth-order valence-corrected chi connectivity index (χ4v) is 1.24. The van der Waals surface area contributed by atoms with E-state index in [9.17, 15) is 31.1 Å². The minimum Gasteiger partial charge on any atom is -0.481 e. The summed E-state index contributed by atoms with van der Waals surface area (Å²) in [6, 6.07) is 0.255. The quantitative estimate of drug-likeness (QED) is 0.861. The van der Waals surface area contributed by atoms with Crippen molar-refractivity contribution in [1.82, 2.24) is 4.98 Å². The number of nitrogens with zero attached hydrogens (tertiary/aromatic N) is 1. The molecule has 1 rings (SSSR count). The first-order chi connectivity index (χ1) is 8.12. The van der Waals surface area contributed by atoms with Gasteiger partial charge < -0.3 is 5.11 Å². The minimum atomic E-state index is -5.29. The van der Waals surface area contributed by atoms with E-state index in [0.29, 0.717) is 0 Å². The molecule has 0 aliphatic heterocycles. The van der Waals surface area contributed by atoms with Gasteiger partial charge in [-0.3, -0.25) is 4.79 Å². The number of halogens is 6. The highest BCUT2D eigenvalue weighted by molar-refractivity contribution is 5.69. The van der Waals surface area contributed by atoms with Crippen molar-refractivity contribution in [2.24, 2.45) is 0 Å². The molecule has 9 heteroatoms. The number of aromatic nitrogens is 1. The molecule has 0 amide bonds. The van der Waals surface area contributed by atoms with Crippen LogP contribution < -0.4 is 0 Å². The van der Waals surface area contributed by atoms with Crippen molar-refractivity contribution in [2.75, 3.05) is 0 Å². The summed E-state index contributed by atoms with van der Waals surface area (Å²) in [7, 11) is 0. The number of alkyl halides is 5. The molecular weight excluding hydrogens is 268 g/mol. The first kappa shape index (κ1) is 14.3. The number of rotatable bonds is 3. The predicted octanol–water partition coefficient (Wildman–Crippen LogP) is 2.80. The van der Waals surface area contributed by atoms with Gasteiger partial charge in [-0.2, -0.15) is 13.2 Å². The van der Waals surface area contributed by atoms with E-state index in [1.807, 2.05) is 0 Å². The lowest BCUT2D eigenvalue weighted by molar-refractivity contribution is -0.144. The van der Waals surface area contributed by atoms with E-state index < -0.39 is 47.8 Å². The zero-order chi connectivity index (χ0) is 14.1. The van der Waals surface area contributed by atoms with Gasteiger partial charge in [-0.15, -0.1) is 0 Å². The van der Waals surface area contributed by atoms with Crippen molar-refractivity contribution in [3.63, 3.8) is 0 Å². The molecular formula is C9H5F6NO2. The van der Waals surface area contributed by atoms with Gasteiger partial charge >= 0.3 is 12.1 Å².